The van der Waals surface area contributed by atoms with Crippen molar-refractivity contribution in [2.45, 2.75) is 0 Å². The fourth-order valence-corrected chi connectivity index (χ4v) is 2.50. The Bertz CT molecular complexity index is 1050. The summed E-state index contributed by atoms with van der Waals surface area (Å²) in [5.41, 5.74) is -0.0701. The largest absolute Gasteiger partial charge is 0.496 e. The number of benzene rings is 1. The summed E-state index contributed by atoms with van der Waals surface area (Å²) < 4.78 is 19.3. The van der Waals surface area contributed by atoms with Gasteiger partial charge in [0.1, 0.15) is 22.9 Å². The number of amides is 2. The first-order valence-electron chi connectivity index (χ1n) is 8.43. The molecule has 0 aliphatic carbocycles. The minimum atomic E-state index is -0.779. The lowest BCUT2D eigenvalue weighted by atomic mass is 10.1. The zero-order valence-electron chi connectivity index (χ0n) is 15.6. The number of hydrogen-bond acceptors (Lipinski definition) is 7. The normalized spacial score (nSPS) is 10.2. The van der Waals surface area contributed by atoms with E-state index in [1.54, 1.807) is 18.5 Å². The predicted octanol–water partition coefficient (Wildman–Crippen LogP) is 2.37. The quantitative estimate of drug-likeness (QED) is 0.585. The molecule has 0 spiro atoms. The lowest BCUT2D eigenvalue weighted by Gasteiger charge is -2.14. The summed E-state index contributed by atoms with van der Waals surface area (Å²) in [6.45, 7) is 0. The van der Waals surface area contributed by atoms with Crippen LogP contribution in [-0.2, 0) is 0 Å². The summed E-state index contributed by atoms with van der Waals surface area (Å²) in [7, 11) is 2.77. The second-order valence-electron chi connectivity index (χ2n) is 5.66. The molecule has 0 fully saturated rings. The molecule has 2 aromatic heterocycles. The average molecular weight is 396 g/mol. The number of carbonyl (C=O) groups is 2. The lowest BCUT2D eigenvalue weighted by Crippen LogP contribution is -2.22. The van der Waals surface area contributed by atoms with Gasteiger partial charge in [0.2, 0.25) is 5.95 Å². The van der Waals surface area contributed by atoms with E-state index in [9.17, 15) is 14.0 Å². The second-order valence-corrected chi connectivity index (χ2v) is 5.66. The molecule has 0 bridgehead atoms. The number of nitrogens with zero attached hydrogens (tertiary/aromatic N) is 3. The van der Waals surface area contributed by atoms with E-state index >= 15 is 0 Å². The Morgan fingerprint density at radius 1 is 1.07 bits per heavy atom. The van der Waals surface area contributed by atoms with E-state index in [0.717, 1.165) is 6.07 Å². The molecule has 0 atom stereocenters. The van der Waals surface area contributed by atoms with Gasteiger partial charge in [-0.1, -0.05) is 6.07 Å². The summed E-state index contributed by atoms with van der Waals surface area (Å²) in [6, 6.07) is 7.11. The average Bonchev–Trinajstić information content (AvgIpc) is 2.73. The van der Waals surface area contributed by atoms with Crippen LogP contribution < -0.4 is 20.7 Å². The Morgan fingerprint density at radius 3 is 2.52 bits per heavy atom. The number of halogens is 1. The molecule has 0 aliphatic rings. The molecule has 9 nitrogen and oxygen atoms in total. The van der Waals surface area contributed by atoms with Crippen LogP contribution >= 0.6 is 0 Å². The zero-order chi connectivity index (χ0) is 20.8. The van der Waals surface area contributed by atoms with Gasteiger partial charge in [0.15, 0.2) is 0 Å². The highest BCUT2D eigenvalue weighted by Gasteiger charge is 2.21. The van der Waals surface area contributed by atoms with Gasteiger partial charge in [0.05, 0.1) is 18.4 Å². The van der Waals surface area contributed by atoms with Crippen LogP contribution in [0.5, 0.6) is 5.75 Å². The number of aromatic nitrogens is 3. The first kappa shape index (κ1) is 19.7. The Labute approximate surface area is 165 Å². The predicted molar refractivity (Wildman–Crippen MR) is 104 cm³/mol. The van der Waals surface area contributed by atoms with Crippen LogP contribution in [0.4, 0.5) is 21.8 Å². The SMILES string of the molecule is CNC(=O)c1cnc(Nc2ncccn2)cc1NC(=O)c1c(F)cccc1OC. The van der Waals surface area contributed by atoms with Crippen molar-refractivity contribution in [1.82, 2.24) is 20.3 Å². The number of hydrogen-bond donors (Lipinski definition) is 3. The standard InChI is InChI=1S/C19H17FN6O3/c1-21-17(27)11-10-24-15(26-19-22-7-4-8-23-19)9-13(11)25-18(28)16-12(20)5-3-6-14(16)29-2/h3-10H,1-2H3,(H,21,27)(H2,22,23,24,25,26,28). The highest BCUT2D eigenvalue weighted by molar-refractivity contribution is 6.10. The highest BCUT2D eigenvalue weighted by atomic mass is 19.1. The zero-order valence-corrected chi connectivity index (χ0v) is 15.6. The van der Waals surface area contributed by atoms with Gasteiger partial charge >= 0.3 is 0 Å². The van der Waals surface area contributed by atoms with Crippen molar-refractivity contribution in [3.8, 4) is 5.75 Å². The fourth-order valence-electron chi connectivity index (χ4n) is 2.50. The lowest BCUT2D eigenvalue weighted by molar-refractivity contribution is 0.0963. The third-order valence-electron chi connectivity index (χ3n) is 3.85. The van der Waals surface area contributed by atoms with Gasteiger partial charge in [-0.05, 0) is 18.2 Å². The van der Waals surface area contributed by atoms with Gasteiger partial charge < -0.3 is 20.7 Å². The van der Waals surface area contributed by atoms with Gasteiger partial charge in [-0.15, -0.1) is 0 Å². The minimum Gasteiger partial charge on any atom is -0.496 e. The minimum absolute atomic E-state index is 0.0640. The molecule has 0 aliphatic heterocycles. The van der Waals surface area contributed by atoms with Crippen LogP contribution in [0.3, 0.4) is 0 Å². The van der Waals surface area contributed by atoms with Gasteiger partial charge in [0.25, 0.3) is 11.8 Å². The van der Waals surface area contributed by atoms with E-state index in [1.807, 2.05) is 0 Å². The molecule has 3 N–H and O–H groups in total. The van der Waals surface area contributed by atoms with Crippen molar-refractivity contribution >= 4 is 29.3 Å². The van der Waals surface area contributed by atoms with Crippen LogP contribution in [0, 0.1) is 5.82 Å². The topological polar surface area (TPSA) is 118 Å². The Kier molecular flexibility index (Phi) is 5.93. The Morgan fingerprint density at radius 2 is 1.83 bits per heavy atom. The van der Waals surface area contributed by atoms with Crippen LogP contribution in [0.25, 0.3) is 0 Å². The number of rotatable bonds is 6. The van der Waals surface area contributed by atoms with Gasteiger partial charge in [0, 0.05) is 31.7 Å². The molecule has 29 heavy (non-hydrogen) atoms. The molecule has 0 saturated carbocycles. The van der Waals surface area contributed by atoms with Gasteiger partial charge in [-0.3, -0.25) is 9.59 Å². The molecule has 2 heterocycles. The molecule has 0 radical (unpaired) electrons. The molecule has 0 unspecified atom stereocenters. The van der Waals surface area contributed by atoms with Crippen molar-refractivity contribution in [3.05, 3.63) is 65.9 Å². The van der Waals surface area contributed by atoms with Crippen molar-refractivity contribution < 1.29 is 18.7 Å². The van der Waals surface area contributed by atoms with Crippen molar-refractivity contribution in [2.24, 2.45) is 0 Å². The maximum Gasteiger partial charge on any atom is 0.262 e. The highest BCUT2D eigenvalue weighted by Crippen LogP contribution is 2.25. The summed E-state index contributed by atoms with van der Waals surface area (Å²) >= 11 is 0. The molecule has 1 aromatic carbocycles. The first-order valence-corrected chi connectivity index (χ1v) is 8.43. The number of anilines is 3. The molecule has 3 aromatic rings. The summed E-state index contributed by atoms with van der Waals surface area (Å²) in [5, 5.41) is 7.87. The number of pyridine rings is 1. The number of nitrogens with one attached hydrogen (secondary N) is 3. The van der Waals surface area contributed by atoms with Crippen LogP contribution in [-0.4, -0.2) is 40.9 Å². The Hall–Kier alpha value is -4.08. The third kappa shape index (κ3) is 4.43. The van der Waals surface area contributed by atoms with Crippen LogP contribution in [0.15, 0.2) is 48.9 Å². The van der Waals surface area contributed by atoms with Crippen LogP contribution in [0.2, 0.25) is 0 Å². The second kappa shape index (κ2) is 8.74. The van der Waals surface area contributed by atoms with E-state index in [-0.39, 0.29) is 34.3 Å². The van der Waals surface area contributed by atoms with E-state index in [0.29, 0.717) is 0 Å². The molecular weight excluding hydrogens is 379 g/mol. The summed E-state index contributed by atoms with van der Waals surface area (Å²) in [6.07, 6.45) is 4.36. The molecule has 3 rings (SSSR count). The maximum atomic E-state index is 14.2. The number of ether oxygens (including phenoxy) is 1. The summed E-state index contributed by atoms with van der Waals surface area (Å²) in [4.78, 5) is 37.1. The smallest absolute Gasteiger partial charge is 0.262 e. The molecular formula is C19H17FN6O3. The number of carbonyl (C=O) groups excluding carboxylic acids is 2. The summed E-state index contributed by atoms with van der Waals surface area (Å²) in [5.74, 6) is -1.39. The maximum absolute atomic E-state index is 14.2. The van der Waals surface area contributed by atoms with E-state index in [2.05, 4.69) is 30.9 Å². The molecule has 0 saturated heterocycles. The Balaban J connectivity index is 1.96. The molecule has 148 valence electrons. The van der Waals surface area contributed by atoms with E-state index in [4.69, 9.17) is 4.74 Å². The van der Waals surface area contributed by atoms with Gasteiger partial charge in [-0.2, -0.15) is 0 Å². The van der Waals surface area contributed by atoms with E-state index in [1.165, 1.54) is 38.6 Å². The fraction of sp³-hybridized carbons (Fsp3) is 0.105. The van der Waals surface area contributed by atoms with Crippen molar-refractivity contribution in [2.75, 3.05) is 24.8 Å². The van der Waals surface area contributed by atoms with E-state index < -0.39 is 17.6 Å². The van der Waals surface area contributed by atoms with Crippen molar-refractivity contribution in [3.63, 3.8) is 0 Å². The third-order valence-corrected chi connectivity index (χ3v) is 3.85. The monoisotopic (exact) mass is 396 g/mol. The van der Waals surface area contributed by atoms with Crippen LogP contribution in [0.1, 0.15) is 20.7 Å². The molecule has 2 amide bonds. The van der Waals surface area contributed by atoms with Gasteiger partial charge in [-0.25, -0.2) is 19.3 Å². The van der Waals surface area contributed by atoms with Crippen molar-refractivity contribution in [1.29, 1.82) is 0 Å². The first-order chi connectivity index (χ1) is 14.0. The molecule has 10 heteroatoms. The number of methoxy groups -OCH3 is 1.